The van der Waals surface area contributed by atoms with Gasteiger partial charge in [0.25, 0.3) is 0 Å². The van der Waals surface area contributed by atoms with Crippen molar-refractivity contribution in [3.05, 3.63) is 29.8 Å². The van der Waals surface area contributed by atoms with Crippen molar-refractivity contribution < 1.29 is 4.74 Å². The van der Waals surface area contributed by atoms with Crippen molar-refractivity contribution in [2.24, 2.45) is 11.5 Å². The Hall–Kier alpha value is -1.06. The Kier molecular flexibility index (Phi) is 13.4. The number of ether oxygens (including phenoxy) is 1. The van der Waals surface area contributed by atoms with Crippen LogP contribution >= 0.6 is 0 Å². The first kappa shape index (κ1) is 22.0. The van der Waals surface area contributed by atoms with Crippen LogP contribution < -0.4 is 16.2 Å². The molecule has 0 heterocycles. The predicted octanol–water partition coefficient (Wildman–Crippen LogP) is 5.90. The van der Waals surface area contributed by atoms with Crippen LogP contribution in [0.4, 0.5) is 0 Å². The van der Waals surface area contributed by atoms with Gasteiger partial charge < -0.3 is 4.74 Å². The van der Waals surface area contributed by atoms with Gasteiger partial charge in [-0.3, -0.25) is 11.5 Å². The third kappa shape index (κ3) is 12.0. The highest BCUT2D eigenvalue weighted by atomic mass is 16.5. The fraction of sp³-hybridized carbons (Fsp3) is 0.727. The summed E-state index contributed by atoms with van der Waals surface area (Å²) in [5.41, 5.74) is 12.3. The highest BCUT2D eigenvalue weighted by Crippen LogP contribution is 2.21. The molecule has 25 heavy (non-hydrogen) atoms. The molecule has 0 amide bonds. The Balaban J connectivity index is 1.95. The van der Waals surface area contributed by atoms with Crippen LogP contribution in [0.5, 0.6) is 5.75 Å². The van der Waals surface area contributed by atoms with Gasteiger partial charge in [-0.05, 0) is 24.5 Å². The summed E-state index contributed by atoms with van der Waals surface area (Å²) in [7, 11) is 0. The predicted molar refractivity (Wildman–Crippen MR) is 109 cm³/mol. The topological polar surface area (TPSA) is 61.3 Å². The minimum absolute atomic E-state index is 0.743. The largest absolute Gasteiger partial charge is 0.462 e. The molecule has 0 spiro atoms. The van der Waals surface area contributed by atoms with Gasteiger partial charge in [0, 0.05) is 0 Å². The van der Waals surface area contributed by atoms with E-state index in [4.69, 9.17) is 16.2 Å². The summed E-state index contributed by atoms with van der Waals surface area (Å²) in [6.07, 6.45) is 18.3. The van der Waals surface area contributed by atoms with E-state index in [1.807, 2.05) is 18.2 Å². The van der Waals surface area contributed by atoms with Gasteiger partial charge in [0.2, 0.25) is 6.35 Å². The molecule has 0 aliphatic carbocycles. The summed E-state index contributed by atoms with van der Waals surface area (Å²) in [5.74, 6) is 0.830. The molecule has 1 aromatic carbocycles. The first-order chi connectivity index (χ1) is 12.2. The monoisotopic (exact) mass is 348 g/mol. The Morgan fingerprint density at radius 3 is 1.72 bits per heavy atom. The number of para-hydroxylation sites is 1. The van der Waals surface area contributed by atoms with E-state index in [2.05, 4.69) is 13.0 Å². The fourth-order valence-electron chi connectivity index (χ4n) is 3.31. The number of hydrogen-bond acceptors (Lipinski definition) is 3. The Morgan fingerprint density at radius 2 is 1.20 bits per heavy atom. The van der Waals surface area contributed by atoms with E-state index in [0.717, 1.165) is 12.2 Å². The zero-order valence-corrected chi connectivity index (χ0v) is 16.3. The summed E-state index contributed by atoms with van der Waals surface area (Å²) in [6.45, 7) is 2.28. The maximum absolute atomic E-state index is 5.52. The normalized spacial score (nSPS) is 11.2. The van der Waals surface area contributed by atoms with Crippen molar-refractivity contribution in [3.8, 4) is 5.75 Å². The average molecular weight is 349 g/mol. The van der Waals surface area contributed by atoms with Gasteiger partial charge in [0.1, 0.15) is 5.75 Å². The SMILES string of the molecule is CCCCCCCCCCCCCCCc1ccccc1OC(N)N. The molecule has 0 saturated carbocycles. The molecule has 144 valence electrons. The highest BCUT2D eigenvalue weighted by Gasteiger charge is 2.04. The molecule has 0 saturated heterocycles. The van der Waals surface area contributed by atoms with Crippen LogP contribution in [0, 0.1) is 0 Å². The van der Waals surface area contributed by atoms with Crippen LogP contribution in [0.25, 0.3) is 0 Å². The minimum atomic E-state index is -0.743. The first-order valence-electron chi connectivity index (χ1n) is 10.5. The number of nitrogens with two attached hydrogens (primary N) is 2. The van der Waals surface area contributed by atoms with Crippen LogP contribution in [0.3, 0.4) is 0 Å². The van der Waals surface area contributed by atoms with Gasteiger partial charge in [-0.2, -0.15) is 0 Å². The lowest BCUT2D eigenvalue weighted by atomic mass is 10.0. The molecule has 0 atom stereocenters. The second kappa shape index (κ2) is 15.2. The lowest BCUT2D eigenvalue weighted by Gasteiger charge is -2.13. The van der Waals surface area contributed by atoms with E-state index in [0.29, 0.717) is 0 Å². The summed E-state index contributed by atoms with van der Waals surface area (Å²) >= 11 is 0. The van der Waals surface area contributed by atoms with Crippen LogP contribution in [-0.2, 0) is 6.42 Å². The number of rotatable bonds is 16. The Labute approximate surface area is 155 Å². The molecule has 0 bridgehead atoms. The molecule has 0 unspecified atom stereocenters. The lowest BCUT2D eigenvalue weighted by molar-refractivity contribution is 0.215. The molecular weight excluding hydrogens is 308 g/mol. The van der Waals surface area contributed by atoms with Crippen LogP contribution in [-0.4, -0.2) is 6.35 Å². The van der Waals surface area contributed by atoms with Gasteiger partial charge >= 0.3 is 0 Å². The van der Waals surface area contributed by atoms with Crippen LogP contribution in [0.1, 0.15) is 96.0 Å². The molecule has 0 radical (unpaired) electrons. The summed E-state index contributed by atoms with van der Waals surface area (Å²) in [5, 5.41) is 0. The van der Waals surface area contributed by atoms with E-state index in [-0.39, 0.29) is 0 Å². The van der Waals surface area contributed by atoms with Crippen LogP contribution in [0.15, 0.2) is 24.3 Å². The van der Waals surface area contributed by atoms with E-state index in [9.17, 15) is 0 Å². The third-order valence-electron chi connectivity index (χ3n) is 4.79. The lowest BCUT2D eigenvalue weighted by Crippen LogP contribution is -2.36. The molecule has 3 heteroatoms. The number of aryl methyl sites for hydroxylation is 1. The summed E-state index contributed by atoms with van der Waals surface area (Å²) in [6, 6.07) is 8.07. The molecule has 3 nitrogen and oxygen atoms in total. The van der Waals surface area contributed by atoms with Crippen molar-refractivity contribution in [1.29, 1.82) is 0 Å². The minimum Gasteiger partial charge on any atom is -0.462 e. The molecule has 0 aromatic heterocycles. The maximum atomic E-state index is 5.52. The van der Waals surface area contributed by atoms with Gasteiger partial charge in [-0.25, -0.2) is 0 Å². The van der Waals surface area contributed by atoms with Gasteiger partial charge in [-0.1, -0.05) is 102 Å². The zero-order chi connectivity index (χ0) is 18.2. The van der Waals surface area contributed by atoms with Gasteiger partial charge in [0.05, 0.1) is 0 Å². The Bertz CT molecular complexity index is 420. The van der Waals surface area contributed by atoms with Crippen molar-refractivity contribution in [3.63, 3.8) is 0 Å². The fourth-order valence-corrected chi connectivity index (χ4v) is 3.31. The second-order valence-corrected chi connectivity index (χ2v) is 7.18. The molecule has 1 aromatic rings. The molecule has 1 rings (SSSR count). The van der Waals surface area contributed by atoms with E-state index in [1.165, 1.54) is 89.0 Å². The number of hydrogen-bond donors (Lipinski definition) is 2. The van der Waals surface area contributed by atoms with Gasteiger partial charge in [0.15, 0.2) is 0 Å². The third-order valence-corrected chi connectivity index (χ3v) is 4.79. The van der Waals surface area contributed by atoms with Crippen molar-refractivity contribution in [2.45, 2.75) is 103 Å². The quantitative estimate of drug-likeness (QED) is 0.289. The average Bonchev–Trinajstić information content (AvgIpc) is 2.60. The summed E-state index contributed by atoms with van der Waals surface area (Å²) in [4.78, 5) is 0. The standard InChI is InChI=1S/C22H40N2O/c1-2-3-4-5-6-7-8-9-10-11-12-13-14-17-20-18-15-16-19-21(20)25-22(23)24/h15-16,18-19,22H,2-14,17,23-24H2,1H3. The molecule has 0 aliphatic heterocycles. The van der Waals surface area contributed by atoms with E-state index in [1.54, 1.807) is 0 Å². The van der Waals surface area contributed by atoms with E-state index < -0.39 is 6.35 Å². The van der Waals surface area contributed by atoms with Gasteiger partial charge in [-0.15, -0.1) is 0 Å². The smallest absolute Gasteiger partial charge is 0.202 e. The van der Waals surface area contributed by atoms with Crippen molar-refractivity contribution >= 4 is 0 Å². The van der Waals surface area contributed by atoms with Crippen LogP contribution in [0.2, 0.25) is 0 Å². The molecule has 4 N–H and O–H groups in total. The van der Waals surface area contributed by atoms with E-state index >= 15 is 0 Å². The number of benzene rings is 1. The van der Waals surface area contributed by atoms with Crippen molar-refractivity contribution in [1.82, 2.24) is 0 Å². The molecular formula is C22H40N2O. The Morgan fingerprint density at radius 1 is 0.720 bits per heavy atom. The summed E-state index contributed by atoms with van der Waals surface area (Å²) < 4.78 is 5.46. The maximum Gasteiger partial charge on any atom is 0.202 e. The van der Waals surface area contributed by atoms with Crippen molar-refractivity contribution in [2.75, 3.05) is 0 Å². The second-order valence-electron chi connectivity index (χ2n) is 7.18. The molecule has 0 aliphatic rings. The first-order valence-corrected chi connectivity index (χ1v) is 10.5. The highest BCUT2D eigenvalue weighted by molar-refractivity contribution is 5.33. The zero-order valence-electron chi connectivity index (χ0n) is 16.3. The number of unbranched alkanes of at least 4 members (excludes halogenated alkanes) is 12. The molecule has 0 fully saturated rings.